The molecule has 6 heteroatoms. The number of carboxylic acids is 1. The zero-order valence-electron chi connectivity index (χ0n) is 18.3. The van der Waals surface area contributed by atoms with Crippen LogP contribution in [0.25, 0.3) is 0 Å². The summed E-state index contributed by atoms with van der Waals surface area (Å²) in [5, 5.41) is 12.4. The van der Waals surface area contributed by atoms with Gasteiger partial charge in [0.1, 0.15) is 11.6 Å². The first-order valence-electron chi connectivity index (χ1n) is 11.1. The second-order valence-electron chi connectivity index (χ2n) is 7.94. The SMILES string of the molecule is N[C@@H](CCCNc1nccn1C(c1ccccc1)(c1ccccc1)c1ccccc1)C(=O)O. The Balaban J connectivity index is 1.81. The van der Waals surface area contributed by atoms with Crippen molar-refractivity contribution in [2.75, 3.05) is 11.9 Å². The first-order chi connectivity index (χ1) is 16.1. The monoisotopic (exact) mass is 440 g/mol. The third-order valence-corrected chi connectivity index (χ3v) is 5.87. The quantitative estimate of drug-likeness (QED) is 0.252. The van der Waals surface area contributed by atoms with E-state index >= 15 is 0 Å². The third-order valence-electron chi connectivity index (χ3n) is 5.87. The minimum atomic E-state index is -0.979. The Morgan fingerprint density at radius 1 is 0.909 bits per heavy atom. The zero-order chi connectivity index (χ0) is 23.1. The molecule has 4 aromatic rings. The molecule has 0 spiro atoms. The number of nitrogens with two attached hydrogens (primary N) is 1. The number of benzene rings is 3. The van der Waals surface area contributed by atoms with Crippen LogP contribution in [0.4, 0.5) is 5.95 Å². The highest BCUT2D eigenvalue weighted by atomic mass is 16.4. The summed E-state index contributed by atoms with van der Waals surface area (Å²) in [5.41, 5.74) is 8.33. The fraction of sp³-hybridized carbons (Fsp3) is 0.185. The van der Waals surface area contributed by atoms with Crippen LogP contribution >= 0.6 is 0 Å². The van der Waals surface area contributed by atoms with Crippen LogP contribution in [0.15, 0.2) is 103 Å². The summed E-state index contributed by atoms with van der Waals surface area (Å²) in [6.45, 7) is 0.562. The van der Waals surface area contributed by atoms with Gasteiger partial charge in [-0.2, -0.15) is 0 Å². The lowest BCUT2D eigenvalue weighted by atomic mass is 9.76. The van der Waals surface area contributed by atoms with Crippen molar-refractivity contribution in [1.82, 2.24) is 9.55 Å². The van der Waals surface area contributed by atoms with Gasteiger partial charge in [0.15, 0.2) is 0 Å². The summed E-state index contributed by atoms with van der Waals surface area (Å²) in [6.07, 6.45) is 4.78. The van der Waals surface area contributed by atoms with Crippen molar-refractivity contribution in [2.45, 2.75) is 24.4 Å². The summed E-state index contributed by atoms with van der Waals surface area (Å²) in [7, 11) is 0. The van der Waals surface area contributed by atoms with Crippen LogP contribution in [0.5, 0.6) is 0 Å². The molecule has 0 unspecified atom stereocenters. The standard InChI is InChI=1S/C27H28N4O2/c28-24(25(32)33)17-10-18-29-26-30-19-20-31(26)27(21-11-4-1-5-12-21,22-13-6-2-7-14-22)23-15-8-3-9-16-23/h1-9,11-16,19-20,24H,10,17-18,28H2,(H,29,30)(H,32,33)/t24-/m0/s1. The molecule has 168 valence electrons. The summed E-state index contributed by atoms with van der Waals surface area (Å²) in [5.74, 6) is -0.275. The summed E-state index contributed by atoms with van der Waals surface area (Å²) in [4.78, 5) is 15.6. The molecular weight excluding hydrogens is 412 g/mol. The van der Waals surface area contributed by atoms with Crippen LogP contribution in [0.2, 0.25) is 0 Å². The second kappa shape index (κ2) is 10.1. The molecule has 33 heavy (non-hydrogen) atoms. The van der Waals surface area contributed by atoms with E-state index in [2.05, 4.69) is 51.3 Å². The number of aromatic nitrogens is 2. The number of carbonyl (C=O) groups is 1. The van der Waals surface area contributed by atoms with Gasteiger partial charge in [-0.05, 0) is 29.5 Å². The molecule has 0 aliphatic rings. The van der Waals surface area contributed by atoms with E-state index in [0.29, 0.717) is 25.3 Å². The van der Waals surface area contributed by atoms with Crippen molar-refractivity contribution in [3.05, 3.63) is 120 Å². The average molecular weight is 441 g/mol. The number of hydrogen-bond donors (Lipinski definition) is 3. The number of nitrogens with zero attached hydrogens (tertiary/aromatic N) is 2. The van der Waals surface area contributed by atoms with Gasteiger partial charge in [0.05, 0.1) is 0 Å². The highest BCUT2D eigenvalue weighted by molar-refractivity contribution is 5.72. The third kappa shape index (κ3) is 4.52. The number of nitrogens with one attached hydrogen (secondary N) is 1. The highest BCUT2D eigenvalue weighted by Gasteiger charge is 2.39. The molecule has 0 saturated heterocycles. The molecule has 0 fully saturated rings. The van der Waals surface area contributed by atoms with Crippen LogP contribution in [0, 0.1) is 0 Å². The number of anilines is 1. The van der Waals surface area contributed by atoms with E-state index in [4.69, 9.17) is 10.8 Å². The lowest BCUT2D eigenvalue weighted by Gasteiger charge is -2.38. The molecule has 0 aliphatic heterocycles. The van der Waals surface area contributed by atoms with E-state index in [0.717, 1.165) is 16.7 Å². The maximum atomic E-state index is 11.0. The minimum absolute atomic E-state index is 0.393. The van der Waals surface area contributed by atoms with Crippen LogP contribution < -0.4 is 11.1 Å². The Kier molecular flexibility index (Phi) is 6.86. The van der Waals surface area contributed by atoms with Gasteiger partial charge in [-0.3, -0.25) is 9.36 Å². The topological polar surface area (TPSA) is 93.2 Å². The summed E-state index contributed by atoms with van der Waals surface area (Å²) < 4.78 is 2.16. The average Bonchev–Trinajstić information content (AvgIpc) is 3.33. The van der Waals surface area contributed by atoms with Gasteiger partial charge in [0.25, 0.3) is 0 Å². The first-order valence-corrected chi connectivity index (χ1v) is 11.1. The van der Waals surface area contributed by atoms with E-state index in [1.54, 1.807) is 6.20 Å². The smallest absolute Gasteiger partial charge is 0.320 e. The van der Waals surface area contributed by atoms with Crippen LogP contribution in [-0.4, -0.2) is 33.2 Å². The fourth-order valence-electron chi connectivity index (χ4n) is 4.31. The summed E-state index contributed by atoms with van der Waals surface area (Å²) >= 11 is 0. The normalized spacial score (nSPS) is 12.3. The van der Waals surface area contributed by atoms with E-state index in [1.165, 1.54) is 0 Å². The van der Waals surface area contributed by atoms with E-state index in [9.17, 15) is 4.79 Å². The van der Waals surface area contributed by atoms with Gasteiger partial charge >= 0.3 is 5.97 Å². The van der Waals surface area contributed by atoms with Crippen molar-refractivity contribution >= 4 is 11.9 Å². The molecule has 0 aliphatic carbocycles. The molecule has 0 bridgehead atoms. The van der Waals surface area contributed by atoms with Gasteiger partial charge in [-0.15, -0.1) is 0 Å². The molecule has 4 N–H and O–H groups in total. The van der Waals surface area contributed by atoms with Crippen LogP contribution in [0.1, 0.15) is 29.5 Å². The highest BCUT2D eigenvalue weighted by Crippen LogP contribution is 2.42. The zero-order valence-corrected chi connectivity index (χ0v) is 18.3. The van der Waals surface area contributed by atoms with Crippen molar-refractivity contribution in [3.8, 4) is 0 Å². The van der Waals surface area contributed by atoms with Crippen molar-refractivity contribution < 1.29 is 9.90 Å². The molecule has 6 nitrogen and oxygen atoms in total. The maximum Gasteiger partial charge on any atom is 0.320 e. The molecule has 1 heterocycles. The van der Waals surface area contributed by atoms with Crippen molar-refractivity contribution in [1.29, 1.82) is 0 Å². The van der Waals surface area contributed by atoms with E-state index in [1.807, 2.05) is 60.8 Å². The molecule has 3 aromatic carbocycles. The Bertz CT molecular complexity index is 1060. The van der Waals surface area contributed by atoms with Gasteiger partial charge in [0, 0.05) is 18.9 Å². The second-order valence-corrected chi connectivity index (χ2v) is 7.94. The van der Waals surface area contributed by atoms with Crippen molar-refractivity contribution in [2.24, 2.45) is 5.73 Å². The molecule has 1 atom stereocenters. The Hall–Kier alpha value is -3.90. The molecule has 1 aromatic heterocycles. The number of carboxylic acid groups (broad SMARTS) is 1. The first kappa shape index (κ1) is 22.3. The van der Waals surface area contributed by atoms with E-state index < -0.39 is 17.6 Å². The van der Waals surface area contributed by atoms with Crippen LogP contribution in [0.3, 0.4) is 0 Å². The van der Waals surface area contributed by atoms with Crippen molar-refractivity contribution in [3.63, 3.8) is 0 Å². The molecule has 0 radical (unpaired) electrons. The van der Waals surface area contributed by atoms with Crippen LogP contribution in [-0.2, 0) is 10.3 Å². The summed E-state index contributed by atoms with van der Waals surface area (Å²) in [6, 6.07) is 30.3. The largest absolute Gasteiger partial charge is 0.480 e. The van der Waals surface area contributed by atoms with E-state index in [-0.39, 0.29) is 0 Å². The predicted octanol–water partition coefficient (Wildman–Crippen LogP) is 4.33. The minimum Gasteiger partial charge on any atom is -0.480 e. The van der Waals surface area contributed by atoms with Gasteiger partial charge < -0.3 is 16.2 Å². The predicted molar refractivity (Wildman–Crippen MR) is 130 cm³/mol. The number of hydrogen-bond acceptors (Lipinski definition) is 4. The Labute approximate surface area is 193 Å². The number of aliphatic carboxylic acids is 1. The van der Waals surface area contributed by atoms with Gasteiger partial charge in [-0.1, -0.05) is 91.0 Å². The molecule has 4 rings (SSSR count). The van der Waals surface area contributed by atoms with Gasteiger partial charge in [-0.25, -0.2) is 4.98 Å². The molecule has 0 saturated carbocycles. The number of rotatable bonds is 10. The maximum absolute atomic E-state index is 11.0. The number of imidazole rings is 1. The Morgan fingerprint density at radius 2 is 1.39 bits per heavy atom. The fourth-order valence-corrected chi connectivity index (χ4v) is 4.31. The van der Waals surface area contributed by atoms with Gasteiger partial charge in [0.2, 0.25) is 5.95 Å². The molecule has 0 amide bonds. The lowest BCUT2D eigenvalue weighted by Crippen LogP contribution is -2.38. The lowest BCUT2D eigenvalue weighted by molar-refractivity contribution is -0.138. The molecular formula is C27H28N4O2. The Morgan fingerprint density at radius 3 is 1.85 bits per heavy atom.